The number of sulfonamides is 1. The summed E-state index contributed by atoms with van der Waals surface area (Å²) in [6.45, 7) is 3.33. The molecular weight excluding hydrogens is 424 g/mol. The maximum Gasteiger partial charge on any atom is 0.344 e. The van der Waals surface area contributed by atoms with E-state index in [2.05, 4.69) is 10.1 Å². The molecule has 1 aliphatic rings. The topological polar surface area (TPSA) is 112 Å². The van der Waals surface area contributed by atoms with Crippen molar-refractivity contribution in [3.8, 4) is 5.75 Å². The number of esters is 1. The predicted octanol–water partition coefficient (Wildman–Crippen LogP) is 1.29. The summed E-state index contributed by atoms with van der Waals surface area (Å²) in [4.78, 5) is 16.8. The number of morpholine rings is 1. The van der Waals surface area contributed by atoms with Gasteiger partial charge in [0.1, 0.15) is 24.5 Å². The van der Waals surface area contributed by atoms with E-state index in [1.165, 1.54) is 21.0 Å². The number of carbonyl (C=O) groups is 1. The molecular formula is C20H22N4O6S. The van der Waals surface area contributed by atoms with Gasteiger partial charge >= 0.3 is 5.97 Å². The number of fused-ring (bicyclic) bond motifs is 1. The van der Waals surface area contributed by atoms with Gasteiger partial charge in [-0.05, 0) is 37.3 Å². The van der Waals surface area contributed by atoms with Crippen molar-refractivity contribution < 1.29 is 27.4 Å². The Hall–Kier alpha value is -3.02. The van der Waals surface area contributed by atoms with Crippen LogP contribution in [0.1, 0.15) is 16.1 Å². The van der Waals surface area contributed by atoms with E-state index in [9.17, 15) is 13.2 Å². The molecule has 2 aromatic heterocycles. The van der Waals surface area contributed by atoms with Gasteiger partial charge in [0.2, 0.25) is 10.0 Å². The highest BCUT2D eigenvalue weighted by Crippen LogP contribution is 2.20. The quantitative estimate of drug-likeness (QED) is 0.394. The number of hydrogen-bond acceptors (Lipinski definition) is 8. The van der Waals surface area contributed by atoms with Gasteiger partial charge in [-0.2, -0.15) is 9.40 Å². The minimum atomic E-state index is -3.55. The molecule has 4 rings (SSSR count). The summed E-state index contributed by atoms with van der Waals surface area (Å²) < 4.78 is 44.2. The van der Waals surface area contributed by atoms with Crippen LogP contribution in [0.5, 0.6) is 5.75 Å². The smallest absolute Gasteiger partial charge is 0.344 e. The van der Waals surface area contributed by atoms with Gasteiger partial charge in [0.15, 0.2) is 5.65 Å². The highest BCUT2D eigenvalue weighted by atomic mass is 32.2. The molecule has 3 aromatic rings. The first-order valence-electron chi connectivity index (χ1n) is 9.74. The minimum absolute atomic E-state index is 0.0241. The van der Waals surface area contributed by atoms with Crippen LogP contribution in [-0.4, -0.2) is 72.8 Å². The maximum atomic E-state index is 12.6. The summed E-state index contributed by atoms with van der Waals surface area (Å²) in [5.74, 6) is -0.0486. The van der Waals surface area contributed by atoms with Crippen LogP contribution in [-0.2, 0) is 19.5 Å². The fourth-order valence-corrected chi connectivity index (χ4v) is 4.65. The van der Waals surface area contributed by atoms with Gasteiger partial charge in [0, 0.05) is 25.5 Å². The van der Waals surface area contributed by atoms with Crippen LogP contribution in [0.2, 0.25) is 0 Å². The van der Waals surface area contributed by atoms with E-state index >= 15 is 0 Å². The zero-order valence-electron chi connectivity index (χ0n) is 16.9. The van der Waals surface area contributed by atoms with E-state index in [1.54, 1.807) is 37.5 Å². The van der Waals surface area contributed by atoms with Crippen molar-refractivity contribution in [2.75, 3.05) is 39.5 Å². The Kier molecular flexibility index (Phi) is 6.16. The first-order chi connectivity index (χ1) is 15.0. The molecule has 0 amide bonds. The SMILES string of the molecule is Cc1nn2cccnc2c1C(=O)OCCOc1ccc(S(=O)(=O)N2CCOCC2)cc1. The number of benzene rings is 1. The molecule has 31 heavy (non-hydrogen) atoms. The molecule has 1 aliphatic heterocycles. The van der Waals surface area contributed by atoms with E-state index in [0.29, 0.717) is 49.0 Å². The lowest BCUT2D eigenvalue weighted by atomic mass is 10.2. The first kappa shape index (κ1) is 21.2. The Balaban J connectivity index is 1.31. The standard InChI is InChI=1S/C20H22N4O6S/c1-15-18(19-21-7-2-8-24(19)22-15)20(25)30-14-13-29-16-3-5-17(6-4-16)31(26,27)23-9-11-28-12-10-23/h2-8H,9-14H2,1H3. The first-order valence-corrected chi connectivity index (χ1v) is 11.2. The fraction of sp³-hybridized carbons (Fsp3) is 0.350. The number of aromatic nitrogens is 3. The third-order valence-corrected chi connectivity index (χ3v) is 6.70. The van der Waals surface area contributed by atoms with E-state index < -0.39 is 16.0 Å². The summed E-state index contributed by atoms with van der Waals surface area (Å²) in [7, 11) is -3.55. The van der Waals surface area contributed by atoms with Gasteiger partial charge in [-0.15, -0.1) is 0 Å². The van der Waals surface area contributed by atoms with Gasteiger partial charge < -0.3 is 14.2 Å². The van der Waals surface area contributed by atoms with Crippen LogP contribution in [0.15, 0.2) is 47.6 Å². The molecule has 0 unspecified atom stereocenters. The average molecular weight is 446 g/mol. The van der Waals surface area contributed by atoms with E-state index in [1.807, 2.05) is 0 Å². The fourth-order valence-electron chi connectivity index (χ4n) is 3.25. The van der Waals surface area contributed by atoms with Crippen molar-refractivity contribution in [2.45, 2.75) is 11.8 Å². The normalized spacial score (nSPS) is 15.1. The van der Waals surface area contributed by atoms with Crippen LogP contribution < -0.4 is 4.74 Å². The molecule has 0 atom stereocenters. The second-order valence-corrected chi connectivity index (χ2v) is 8.76. The molecule has 10 nitrogen and oxygen atoms in total. The molecule has 0 spiro atoms. The van der Waals surface area contributed by atoms with E-state index in [4.69, 9.17) is 14.2 Å². The molecule has 1 saturated heterocycles. The highest BCUT2D eigenvalue weighted by Gasteiger charge is 2.26. The predicted molar refractivity (Wildman–Crippen MR) is 110 cm³/mol. The molecule has 0 N–H and O–H groups in total. The Morgan fingerprint density at radius 1 is 1.16 bits per heavy atom. The number of carbonyl (C=O) groups excluding carboxylic acids is 1. The highest BCUT2D eigenvalue weighted by molar-refractivity contribution is 7.89. The second kappa shape index (κ2) is 9.00. The lowest BCUT2D eigenvalue weighted by Gasteiger charge is -2.26. The van der Waals surface area contributed by atoms with Gasteiger partial charge in [0.05, 0.1) is 23.8 Å². The lowest BCUT2D eigenvalue weighted by molar-refractivity contribution is 0.0451. The van der Waals surface area contributed by atoms with Crippen LogP contribution in [0, 0.1) is 6.92 Å². The molecule has 11 heteroatoms. The summed E-state index contributed by atoms with van der Waals surface area (Å²) in [6.07, 6.45) is 3.29. The summed E-state index contributed by atoms with van der Waals surface area (Å²) >= 11 is 0. The number of ether oxygens (including phenoxy) is 3. The van der Waals surface area contributed by atoms with Gasteiger partial charge in [-0.25, -0.2) is 22.7 Å². The number of hydrogen-bond donors (Lipinski definition) is 0. The summed E-state index contributed by atoms with van der Waals surface area (Å²) in [5, 5.41) is 4.23. The molecule has 0 radical (unpaired) electrons. The molecule has 0 saturated carbocycles. The van der Waals surface area contributed by atoms with Crippen molar-refractivity contribution in [1.29, 1.82) is 0 Å². The molecule has 0 bridgehead atoms. The third kappa shape index (κ3) is 4.53. The largest absolute Gasteiger partial charge is 0.490 e. The number of rotatable bonds is 7. The minimum Gasteiger partial charge on any atom is -0.490 e. The zero-order chi connectivity index (χ0) is 21.8. The average Bonchev–Trinajstić information content (AvgIpc) is 3.13. The lowest BCUT2D eigenvalue weighted by Crippen LogP contribution is -2.40. The monoisotopic (exact) mass is 446 g/mol. The number of nitrogens with zero attached hydrogens (tertiary/aromatic N) is 4. The molecule has 3 heterocycles. The van der Waals surface area contributed by atoms with Crippen LogP contribution >= 0.6 is 0 Å². The molecule has 1 fully saturated rings. The maximum absolute atomic E-state index is 12.6. The third-order valence-electron chi connectivity index (χ3n) is 4.79. The van der Waals surface area contributed by atoms with Gasteiger partial charge in [-0.1, -0.05) is 0 Å². The Morgan fingerprint density at radius 3 is 2.65 bits per heavy atom. The van der Waals surface area contributed by atoms with Crippen LogP contribution in [0.4, 0.5) is 0 Å². The van der Waals surface area contributed by atoms with Gasteiger partial charge in [0.25, 0.3) is 0 Å². The summed E-state index contributed by atoms with van der Waals surface area (Å²) in [5.41, 5.74) is 1.28. The molecule has 164 valence electrons. The molecule has 1 aromatic carbocycles. The Bertz CT molecular complexity index is 1170. The van der Waals surface area contributed by atoms with Crippen molar-refractivity contribution in [2.24, 2.45) is 0 Å². The summed E-state index contributed by atoms with van der Waals surface area (Å²) in [6, 6.07) is 7.88. The van der Waals surface area contributed by atoms with Crippen molar-refractivity contribution >= 4 is 21.6 Å². The van der Waals surface area contributed by atoms with Crippen LogP contribution in [0.25, 0.3) is 5.65 Å². The van der Waals surface area contributed by atoms with Crippen molar-refractivity contribution in [3.05, 3.63) is 54.0 Å². The van der Waals surface area contributed by atoms with Crippen molar-refractivity contribution in [3.63, 3.8) is 0 Å². The Morgan fingerprint density at radius 2 is 1.90 bits per heavy atom. The van der Waals surface area contributed by atoms with Crippen molar-refractivity contribution in [1.82, 2.24) is 18.9 Å². The van der Waals surface area contributed by atoms with Gasteiger partial charge in [-0.3, -0.25) is 0 Å². The number of aryl methyl sites for hydroxylation is 1. The van der Waals surface area contributed by atoms with E-state index in [0.717, 1.165) is 0 Å². The second-order valence-electron chi connectivity index (χ2n) is 6.82. The zero-order valence-corrected chi connectivity index (χ0v) is 17.7. The molecule has 0 aliphatic carbocycles. The Labute approximate surface area is 179 Å². The van der Waals surface area contributed by atoms with E-state index in [-0.39, 0.29) is 18.1 Å². The van der Waals surface area contributed by atoms with Crippen LogP contribution in [0.3, 0.4) is 0 Å².